The molecule has 0 heterocycles. The number of nitrogens with zero attached hydrogens (tertiary/aromatic N) is 1. The highest BCUT2D eigenvalue weighted by Gasteiger charge is 2.09. The number of amides is 1. The third-order valence-electron chi connectivity index (χ3n) is 2.99. The smallest absolute Gasteiger partial charge is 0.303 e. The van der Waals surface area contributed by atoms with Crippen LogP contribution in [0.2, 0.25) is 0 Å². The number of carboxylic acids is 2. The fraction of sp³-hybridized carbons (Fsp3) is 0.333. The minimum Gasteiger partial charge on any atom is -0.481 e. The molecule has 0 radical (unpaired) electrons. The SMILES string of the molecule is O=C(O)CCCC(=O)Nc1ccc(C(CCC(=O)O)=NO)cc1. The number of nitrogens with one attached hydrogen (secondary N) is 1. The zero-order valence-electron chi connectivity index (χ0n) is 12.4. The summed E-state index contributed by atoms with van der Waals surface area (Å²) in [5, 5.41) is 31.8. The van der Waals surface area contributed by atoms with Gasteiger partial charge >= 0.3 is 11.9 Å². The van der Waals surface area contributed by atoms with Gasteiger partial charge in [-0.1, -0.05) is 17.3 Å². The van der Waals surface area contributed by atoms with E-state index in [1.165, 1.54) is 0 Å². The van der Waals surface area contributed by atoms with E-state index in [-0.39, 0.29) is 43.7 Å². The van der Waals surface area contributed by atoms with Crippen molar-refractivity contribution < 1.29 is 29.8 Å². The van der Waals surface area contributed by atoms with Crippen molar-refractivity contribution in [3.63, 3.8) is 0 Å². The van der Waals surface area contributed by atoms with Gasteiger partial charge in [-0.05, 0) is 24.1 Å². The molecule has 0 saturated carbocycles. The highest BCUT2D eigenvalue weighted by molar-refractivity contribution is 6.01. The number of benzene rings is 1. The molecule has 0 unspecified atom stereocenters. The predicted octanol–water partition coefficient (Wildman–Crippen LogP) is 1.92. The number of aliphatic carboxylic acids is 2. The Morgan fingerprint density at radius 2 is 1.52 bits per heavy atom. The van der Waals surface area contributed by atoms with Crippen molar-refractivity contribution in [3.05, 3.63) is 29.8 Å². The maximum Gasteiger partial charge on any atom is 0.303 e. The molecule has 8 nitrogen and oxygen atoms in total. The summed E-state index contributed by atoms with van der Waals surface area (Å²) in [5.41, 5.74) is 1.31. The van der Waals surface area contributed by atoms with E-state index in [2.05, 4.69) is 10.5 Å². The van der Waals surface area contributed by atoms with Gasteiger partial charge in [-0.15, -0.1) is 0 Å². The number of carbonyl (C=O) groups excluding carboxylic acids is 1. The quantitative estimate of drug-likeness (QED) is 0.311. The van der Waals surface area contributed by atoms with Crippen molar-refractivity contribution in [1.29, 1.82) is 0 Å². The summed E-state index contributed by atoms with van der Waals surface area (Å²) in [4.78, 5) is 32.5. The fourth-order valence-electron chi connectivity index (χ4n) is 1.85. The largest absolute Gasteiger partial charge is 0.481 e. The van der Waals surface area contributed by atoms with Crippen molar-refractivity contribution in [2.45, 2.75) is 32.1 Å². The van der Waals surface area contributed by atoms with Crippen molar-refractivity contribution in [1.82, 2.24) is 0 Å². The van der Waals surface area contributed by atoms with Crippen molar-refractivity contribution in [2.75, 3.05) is 5.32 Å². The van der Waals surface area contributed by atoms with E-state index in [4.69, 9.17) is 15.4 Å². The minimum atomic E-state index is -0.989. The Balaban J connectivity index is 2.56. The van der Waals surface area contributed by atoms with Gasteiger partial charge in [0, 0.05) is 24.9 Å². The van der Waals surface area contributed by atoms with Crippen LogP contribution in [0.5, 0.6) is 0 Å². The first-order valence-corrected chi connectivity index (χ1v) is 6.97. The van der Waals surface area contributed by atoms with Crippen LogP contribution in [0.1, 0.15) is 37.7 Å². The first-order valence-electron chi connectivity index (χ1n) is 6.97. The zero-order valence-corrected chi connectivity index (χ0v) is 12.4. The van der Waals surface area contributed by atoms with Gasteiger partial charge in [0.1, 0.15) is 0 Å². The maximum atomic E-state index is 11.6. The summed E-state index contributed by atoms with van der Waals surface area (Å²) in [6.45, 7) is 0. The van der Waals surface area contributed by atoms with Crippen LogP contribution in [0.15, 0.2) is 29.4 Å². The summed E-state index contributed by atoms with van der Waals surface area (Å²) in [6, 6.07) is 6.39. The van der Waals surface area contributed by atoms with Crippen LogP contribution >= 0.6 is 0 Å². The minimum absolute atomic E-state index is 0.0632. The van der Waals surface area contributed by atoms with Gasteiger partial charge in [0.2, 0.25) is 5.91 Å². The topological polar surface area (TPSA) is 136 Å². The molecule has 0 aliphatic rings. The van der Waals surface area contributed by atoms with Crippen LogP contribution in [0.3, 0.4) is 0 Å². The number of oxime groups is 1. The van der Waals surface area contributed by atoms with Gasteiger partial charge < -0.3 is 20.7 Å². The monoisotopic (exact) mass is 322 g/mol. The Hall–Kier alpha value is -2.90. The molecule has 0 atom stereocenters. The number of carbonyl (C=O) groups is 3. The van der Waals surface area contributed by atoms with E-state index in [9.17, 15) is 14.4 Å². The van der Waals surface area contributed by atoms with Crippen LogP contribution in [0.25, 0.3) is 0 Å². The summed E-state index contributed by atoms with van der Waals surface area (Å²) in [7, 11) is 0. The molecular weight excluding hydrogens is 304 g/mol. The van der Waals surface area contributed by atoms with E-state index in [0.29, 0.717) is 11.3 Å². The Morgan fingerprint density at radius 3 is 2.04 bits per heavy atom. The van der Waals surface area contributed by atoms with E-state index in [0.717, 1.165) is 0 Å². The lowest BCUT2D eigenvalue weighted by Gasteiger charge is -2.07. The molecule has 0 bridgehead atoms. The molecule has 23 heavy (non-hydrogen) atoms. The molecule has 0 fully saturated rings. The average Bonchev–Trinajstić information content (AvgIpc) is 2.48. The zero-order chi connectivity index (χ0) is 17.2. The number of hydrogen-bond donors (Lipinski definition) is 4. The van der Waals surface area contributed by atoms with Gasteiger partial charge in [0.15, 0.2) is 0 Å². The van der Waals surface area contributed by atoms with Gasteiger partial charge in [-0.2, -0.15) is 0 Å². The lowest BCUT2D eigenvalue weighted by Crippen LogP contribution is -2.12. The predicted molar refractivity (Wildman–Crippen MR) is 81.8 cm³/mol. The number of anilines is 1. The van der Waals surface area contributed by atoms with Crippen LogP contribution in [-0.2, 0) is 14.4 Å². The molecule has 1 amide bonds. The molecule has 0 aromatic heterocycles. The lowest BCUT2D eigenvalue weighted by molar-refractivity contribution is -0.138. The first-order chi connectivity index (χ1) is 10.9. The Bertz CT molecular complexity index is 594. The van der Waals surface area contributed by atoms with Gasteiger partial charge in [-0.3, -0.25) is 14.4 Å². The third-order valence-corrected chi connectivity index (χ3v) is 2.99. The van der Waals surface area contributed by atoms with E-state index >= 15 is 0 Å². The summed E-state index contributed by atoms with van der Waals surface area (Å²) < 4.78 is 0. The normalized spacial score (nSPS) is 11.0. The van der Waals surface area contributed by atoms with Gasteiger partial charge in [0.25, 0.3) is 0 Å². The maximum absolute atomic E-state index is 11.6. The van der Waals surface area contributed by atoms with Crippen LogP contribution < -0.4 is 5.32 Å². The van der Waals surface area contributed by atoms with Gasteiger partial charge in [-0.25, -0.2) is 0 Å². The molecule has 0 saturated heterocycles. The molecule has 0 aliphatic carbocycles. The average molecular weight is 322 g/mol. The number of hydrogen-bond acceptors (Lipinski definition) is 5. The summed E-state index contributed by atoms with van der Waals surface area (Å²) in [6.07, 6.45) is 0.242. The van der Waals surface area contributed by atoms with E-state index < -0.39 is 11.9 Å². The third kappa shape index (κ3) is 7.07. The van der Waals surface area contributed by atoms with Gasteiger partial charge in [0.05, 0.1) is 12.1 Å². The molecule has 4 N–H and O–H groups in total. The van der Waals surface area contributed by atoms with E-state index in [1.54, 1.807) is 24.3 Å². The number of rotatable bonds is 9. The molecular formula is C15H18N2O6. The second-order valence-corrected chi connectivity index (χ2v) is 4.81. The van der Waals surface area contributed by atoms with Crippen LogP contribution in [-0.4, -0.2) is 39.0 Å². The molecule has 8 heteroatoms. The Kier molecular flexibility index (Phi) is 7.25. The molecule has 1 aromatic carbocycles. The highest BCUT2D eigenvalue weighted by Crippen LogP contribution is 2.13. The molecule has 0 spiro atoms. The standard InChI is InChI=1S/C15H18N2O6/c18-13(2-1-3-14(19)20)16-11-6-4-10(5-7-11)12(17-23)8-9-15(21)22/h4-7,23H,1-3,8-9H2,(H,16,18)(H,19,20)(H,21,22). The molecule has 124 valence electrons. The second-order valence-electron chi connectivity index (χ2n) is 4.81. The number of carboxylic acid groups (broad SMARTS) is 2. The first kappa shape index (κ1) is 18.1. The van der Waals surface area contributed by atoms with Crippen molar-refractivity contribution in [2.24, 2.45) is 5.16 Å². The Labute approximate surface area is 132 Å². The molecule has 1 aromatic rings. The molecule has 1 rings (SSSR count). The van der Waals surface area contributed by atoms with E-state index in [1.807, 2.05) is 0 Å². The molecule has 0 aliphatic heterocycles. The van der Waals surface area contributed by atoms with Crippen LogP contribution in [0, 0.1) is 0 Å². The summed E-state index contributed by atoms with van der Waals surface area (Å²) in [5.74, 6) is -2.23. The summed E-state index contributed by atoms with van der Waals surface area (Å²) >= 11 is 0. The second kappa shape index (κ2) is 9.19. The fourth-order valence-corrected chi connectivity index (χ4v) is 1.85. The van der Waals surface area contributed by atoms with Crippen molar-refractivity contribution in [3.8, 4) is 0 Å². The highest BCUT2D eigenvalue weighted by atomic mass is 16.4. The lowest BCUT2D eigenvalue weighted by atomic mass is 10.1. The van der Waals surface area contributed by atoms with Crippen LogP contribution in [0.4, 0.5) is 5.69 Å². The Morgan fingerprint density at radius 1 is 0.913 bits per heavy atom. The van der Waals surface area contributed by atoms with Crippen molar-refractivity contribution >= 4 is 29.2 Å².